The van der Waals surface area contributed by atoms with Crippen LogP contribution in [0.15, 0.2) is 24.3 Å². The molecule has 3 nitrogen and oxygen atoms in total. The van der Waals surface area contributed by atoms with E-state index in [-0.39, 0.29) is 5.82 Å². The summed E-state index contributed by atoms with van der Waals surface area (Å²) >= 11 is 0. The third-order valence-corrected chi connectivity index (χ3v) is 1.63. The minimum atomic E-state index is -0.498. The van der Waals surface area contributed by atoms with Crippen LogP contribution in [0.5, 0.6) is 0 Å². The molecule has 0 radical (unpaired) electrons. The van der Waals surface area contributed by atoms with Crippen molar-refractivity contribution in [1.29, 1.82) is 0 Å². The summed E-state index contributed by atoms with van der Waals surface area (Å²) in [5.74, 6) is -0.814. The molecule has 0 spiro atoms. The molecule has 70 valence electrons. The molecule has 1 aromatic rings. The lowest BCUT2D eigenvalue weighted by atomic mass is 10.2. The van der Waals surface area contributed by atoms with E-state index in [4.69, 9.17) is 5.73 Å². The summed E-state index contributed by atoms with van der Waals surface area (Å²) < 4.78 is 12.7. The Morgan fingerprint density at radius 2 is 2.31 bits per heavy atom. The second-order valence-corrected chi connectivity index (χ2v) is 2.78. The maximum atomic E-state index is 12.7. The lowest BCUT2D eigenvalue weighted by molar-refractivity contribution is -0.118. The molecule has 0 aliphatic heterocycles. The third-order valence-electron chi connectivity index (χ3n) is 1.63. The van der Waals surface area contributed by atoms with Crippen LogP contribution in [-0.2, 0) is 4.79 Å². The molecule has 0 aliphatic rings. The van der Waals surface area contributed by atoms with Gasteiger partial charge in [0.05, 0.1) is 0 Å². The van der Waals surface area contributed by atoms with Crippen LogP contribution in [-0.4, -0.2) is 11.9 Å². The predicted octanol–water partition coefficient (Wildman–Crippen LogP) is 1.11. The SMILES string of the molecule is CC(Nc1cccc(F)c1)C(N)=O. The number of amides is 1. The van der Waals surface area contributed by atoms with Gasteiger partial charge in [-0.2, -0.15) is 0 Å². The van der Waals surface area contributed by atoms with Gasteiger partial charge in [0.15, 0.2) is 0 Å². The lowest BCUT2D eigenvalue weighted by Gasteiger charge is -2.10. The van der Waals surface area contributed by atoms with Crippen LogP contribution in [0, 0.1) is 5.82 Å². The van der Waals surface area contributed by atoms with E-state index >= 15 is 0 Å². The number of rotatable bonds is 3. The number of hydrogen-bond acceptors (Lipinski definition) is 2. The molecule has 0 aromatic heterocycles. The molecule has 0 fully saturated rings. The minimum absolute atomic E-state index is 0.346. The second kappa shape index (κ2) is 3.89. The number of primary amides is 1. The van der Waals surface area contributed by atoms with Crippen molar-refractivity contribution in [2.24, 2.45) is 5.73 Å². The molecule has 0 saturated carbocycles. The van der Waals surface area contributed by atoms with Crippen LogP contribution in [0.1, 0.15) is 6.92 Å². The zero-order chi connectivity index (χ0) is 9.84. The predicted molar refractivity (Wildman–Crippen MR) is 48.7 cm³/mol. The van der Waals surface area contributed by atoms with Crippen molar-refractivity contribution in [3.63, 3.8) is 0 Å². The Labute approximate surface area is 75.7 Å². The smallest absolute Gasteiger partial charge is 0.239 e. The number of benzene rings is 1. The molecular formula is C9H11FN2O. The highest BCUT2D eigenvalue weighted by Crippen LogP contribution is 2.09. The molecule has 3 N–H and O–H groups in total. The van der Waals surface area contributed by atoms with Crippen LogP contribution in [0.2, 0.25) is 0 Å². The summed E-state index contributed by atoms with van der Waals surface area (Å²) in [6.07, 6.45) is 0. The number of anilines is 1. The average Bonchev–Trinajstić information content (AvgIpc) is 2.04. The molecule has 4 heteroatoms. The number of hydrogen-bond donors (Lipinski definition) is 2. The first-order chi connectivity index (χ1) is 6.09. The fourth-order valence-electron chi connectivity index (χ4n) is 0.899. The minimum Gasteiger partial charge on any atom is -0.374 e. The van der Waals surface area contributed by atoms with Gasteiger partial charge in [0, 0.05) is 5.69 Å². The molecular weight excluding hydrogens is 171 g/mol. The van der Waals surface area contributed by atoms with Crippen molar-refractivity contribution in [3.8, 4) is 0 Å². The monoisotopic (exact) mass is 182 g/mol. The van der Waals surface area contributed by atoms with Crippen molar-refractivity contribution in [3.05, 3.63) is 30.1 Å². The average molecular weight is 182 g/mol. The number of halogens is 1. The van der Waals surface area contributed by atoms with Crippen LogP contribution >= 0.6 is 0 Å². The summed E-state index contributed by atoms with van der Waals surface area (Å²) in [5, 5.41) is 2.77. The fraction of sp³-hybridized carbons (Fsp3) is 0.222. The summed E-state index contributed by atoms with van der Waals surface area (Å²) in [5.41, 5.74) is 5.57. The highest BCUT2D eigenvalue weighted by molar-refractivity contribution is 5.82. The van der Waals surface area contributed by atoms with E-state index in [2.05, 4.69) is 5.32 Å². The summed E-state index contributed by atoms with van der Waals surface area (Å²) in [6, 6.07) is 5.37. The normalized spacial score (nSPS) is 12.2. The number of carbonyl (C=O) groups excluding carboxylic acids is 1. The quantitative estimate of drug-likeness (QED) is 0.735. The number of nitrogens with two attached hydrogens (primary N) is 1. The van der Waals surface area contributed by atoms with Gasteiger partial charge < -0.3 is 11.1 Å². The lowest BCUT2D eigenvalue weighted by Crippen LogP contribution is -2.32. The van der Waals surface area contributed by atoms with Crippen LogP contribution in [0.4, 0.5) is 10.1 Å². The maximum absolute atomic E-state index is 12.7. The highest BCUT2D eigenvalue weighted by Gasteiger charge is 2.07. The largest absolute Gasteiger partial charge is 0.374 e. The van der Waals surface area contributed by atoms with E-state index in [9.17, 15) is 9.18 Å². The van der Waals surface area contributed by atoms with Crippen molar-refractivity contribution in [2.75, 3.05) is 5.32 Å². The number of carbonyl (C=O) groups is 1. The van der Waals surface area contributed by atoms with Crippen LogP contribution in [0.25, 0.3) is 0 Å². The maximum Gasteiger partial charge on any atom is 0.239 e. The fourth-order valence-corrected chi connectivity index (χ4v) is 0.899. The van der Waals surface area contributed by atoms with Crippen molar-refractivity contribution >= 4 is 11.6 Å². The molecule has 0 saturated heterocycles. The van der Waals surface area contributed by atoms with E-state index in [1.165, 1.54) is 12.1 Å². The van der Waals surface area contributed by atoms with Crippen LogP contribution in [0.3, 0.4) is 0 Å². The van der Waals surface area contributed by atoms with Gasteiger partial charge in [-0.05, 0) is 25.1 Å². The molecule has 1 aromatic carbocycles. The Morgan fingerprint density at radius 1 is 1.62 bits per heavy atom. The molecule has 0 aliphatic carbocycles. The van der Waals surface area contributed by atoms with E-state index < -0.39 is 11.9 Å². The van der Waals surface area contributed by atoms with Gasteiger partial charge in [0.1, 0.15) is 11.9 Å². The van der Waals surface area contributed by atoms with Crippen LogP contribution < -0.4 is 11.1 Å². The molecule has 13 heavy (non-hydrogen) atoms. The zero-order valence-electron chi connectivity index (χ0n) is 7.25. The Bertz CT molecular complexity index is 314. The van der Waals surface area contributed by atoms with Crippen molar-refractivity contribution in [1.82, 2.24) is 0 Å². The second-order valence-electron chi connectivity index (χ2n) is 2.78. The molecule has 1 rings (SSSR count). The Morgan fingerprint density at radius 3 is 2.85 bits per heavy atom. The summed E-state index contributed by atoms with van der Waals surface area (Å²) in [4.78, 5) is 10.7. The first-order valence-electron chi connectivity index (χ1n) is 3.91. The first-order valence-corrected chi connectivity index (χ1v) is 3.91. The standard InChI is InChI=1S/C9H11FN2O/c1-6(9(11)13)12-8-4-2-3-7(10)5-8/h2-6,12H,1H3,(H2,11,13). The van der Waals surface area contributed by atoms with Gasteiger partial charge >= 0.3 is 0 Å². The van der Waals surface area contributed by atoms with Gasteiger partial charge in [-0.1, -0.05) is 6.07 Å². The molecule has 1 atom stereocenters. The van der Waals surface area contributed by atoms with Gasteiger partial charge in [-0.25, -0.2) is 4.39 Å². The Kier molecular flexibility index (Phi) is 2.84. The zero-order valence-corrected chi connectivity index (χ0v) is 7.25. The molecule has 1 amide bonds. The molecule has 0 heterocycles. The molecule has 0 bridgehead atoms. The van der Waals surface area contributed by atoms with Gasteiger partial charge in [0.25, 0.3) is 0 Å². The Hall–Kier alpha value is -1.58. The topological polar surface area (TPSA) is 55.1 Å². The van der Waals surface area contributed by atoms with Gasteiger partial charge in [0.2, 0.25) is 5.91 Å². The highest BCUT2D eigenvalue weighted by atomic mass is 19.1. The summed E-state index contributed by atoms with van der Waals surface area (Å²) in [6.45, 7) is 1.62. The van der Waals surface area contributed by atoms with Crippen molar-refractivity contribution < 1.29 is 9.18 Å². The van der Waals surface area contributed by atoms with Gasteiger partial charge in [-0.3, -0.25) is 4.79 Å². The molecule has 1 unspecified atom stereocenters. The third kappa shape index (κ3) is 2.74. The van der Waals surface area contributed by atoms with Gasteiger partial charge in [-0.15, -0.1) is 0 Å². The van der Waals surface area contributed by atoms with E-state index in [1.54, 1.807) is 19.1 Å². The summed E-state index contributed by atoms with van der Waals surface area (Å²) in [7, 11) is 0. The number of nitrogens with one attached hydrogen (secondary N) is 1. The van der Waals surface area contributed by atoms with E-state index in [0.717, 1.165) is 0 Å². The van der Waals surface area contributed by atoms with Crippen molar-refractivity contribution in [2.45, 2.75) is 13.0 Å². The first kappa shape index (κ1) is 9.51. The van der Waals surface area contributed by atoms with E-state index in [0.29, 0.717) is 5.69 Å². The Balaban J connectivity index is 2.69. The van der Waals surface area contributed by atoms with E-state index in [1.807, 2.05) is 0 Å².